The van der Waals surface area contributed by atoms with E-state index in [4.69, 9.17) is 0 Å². The number of hydroxylamine groups is 2. The largest absolute Gasteiger partial charge is 0.379 e. The first-order chi connectivity index (χ1) is 9.25. The quantitative estimate of drug-likeness (QED) is 0.405. The van der Waals surface area contributed by atoms with E-state index >= 15 is 0 Å². The minimum Gasteiger partial charge on any atom is -0.379 e. The third kappa shape index (κ3) is 8.05. The van der Waals surface area contributed by atoms with E-state index in [0.29, 0.717) is 13.1 Å². The molecule has 20 heavy (non-hydrogen) atoms. The van der Waals surface area contributed by atoms with Gasteiger partial charge in [0.15, 0.2) is 12.2 Å². The van der Waals surface area contributed by atoms with Gasteiger partial charge in [0.05, 0.1) is 0 Å². The predicted molar refractivity (Wildman–Crippen MR) is 69.9 cm³/mol. The molecular formula is C12H24N2O6. The molecule has 0 aliphatic carbocycles. The van der Waals surface area contributed by atoms with E-state index in [1.165, 1.54) is 0 Å². The maximum atomic E-state index is 11.3. The third-order valence-corrected chi connectivity index (χ3v) is 2.11. The summed E-state index contributed by atoms with van der Waals surface area (Å²) in [5, 5.41) is 18.9. The molecule has 2 atom stereocenters. The molecule has 8 heteroatoms. The van der Waals surface area contributed by atoms with Crippen LogP contribution in [0, 0.1) is 11.8 Å². The van der Waals surface area contributed by atoms with Crippen LogP contribution in [0.2, 0.25) is 0 Å². The Morgan fingerprint density at radius 3 is 1.40 bits per heavy atom. The van der Waals surface area contributed by atoms with Gasteiger partial charge in [-0.15, -0.1) is 0 Å². The molecule has 0 spiro atoms. The summed E-state index contributed by atoms with van der Waals surface area (Å²) in [5.74, 6) is -1.84. The fraction of sp³-hybridized carbons (Fsp3) is 0.833. The van der Waals surface area contributed by atoms with Crippen molar-refractivity contribution in [3.8, 4) is 0 Å². The van der Waals surface area contributed by atoms with Crippen molar-refractivity contribution in [3.05, 3.63) is 0 Å². The number of nitrogens with one attached hydrogen (secondary N) is 2. The van der Waals surface area contributed by atoms with Gasteiger partial charge in [-0.25, -0.2) is 9.59 Å². The molecule has 0 saturated heterocycles. The van der Waals surface area contributed by atoms with Gasteiger partial charge < -0.3 is 19.9 Å². The standard InChI is InChI=1S/C12H24N2O6/c1-7(2)5-13-19-11(17)9(15)10(16)12(18)20-14-6-8(3)4/h7-10,13-16H,5-6H2,1-4H3. The molecule has 0 amide bonds. The zero-order chi connectivity index (χ0) is 15.7. The summed E-state index contributed by atoms with van der Waals surface area (Å²) in [7, 11) is 0. The Kier molecular flexibility index (Phi) is 9.06. The molecule has 8 nitrogen and oxygen atoms in total. The summed E-state index contributed by atoms with van der Waals surface area (Å²) in [4.78, 5) is 31.7. The Bertz CT molecular complexity index is 278. The second-order valence-corrected chi connectivity index (χ2v) is 5.22. The summed E-state index contributed by atoms with van der Waals surface area (Å²) < 4.78 is 0. The highest BCUT2D eigenvalue weighted by atomic mass is 16.7. The maximum Gasteiger partial charge on any atom is 0.356 e. The maximum absolute atomic E-state index is 11.3. The SMILES string of the molecule is CC(C)CNOC(=O)C(O)C(O)C(=O)ONCC(C)C. The van der Waals surface area contributed by atoms with Crippen LogP contribution in [0.3, 0.4) is 0 Å². The van der Waals surface area contributed by atoms with Crippen LogP contribution in [0.1, 0.15) is 27.7 Å². The van der Waals surface area contributed by atoms with Crippen molar-refractivity contribution in [1.82, 2.24) is 11.0 Å². The second-order valence-electron chi connectivity index (χ2n) is 5.22. The van der Waals surface area contributed by atoms with Crippen molar-refractivity contribution in [2.45, 2.75) is 39.9 Å². The van der Waals surface area contributed by atoms with Crippen molar-refractivity contribution < 1.29 is 29.5 Å². The first kappa shape index (κ1) is 18.8. The Hall–Kier alpha value is -1.22. The smallest absolute Gasteiger partial charge is 0.356 e. The van der Waals surface area contributed by atoms with Crippen LogP contribution >= 0.6 is 0 Å². The normalized spacial score (nSPS) is 14.2. The number of hydrogen-bond acceptors (Lipinski definition) is 8. The van der Waals surface area contributed by atoms with E-state index in [9.17, 15) is 19.8 Å². The van der Waals surface area contributed by atoms with Gasteiger partial charge >= 0.3 is 11.9 Å². The number of carbonyl (C=O) groups is 2. The molecule has 0 saturated carbocycles. The van der Waals surface area contributed by atoms with Gasteiger partial charge in [0.2, 0.25) is 0 Å². The third-order valence-electron chi connectivity index (χ3n) is 2.11. The number of aliphatic hydroxyl groups excluding tert-OH is 2. The summed E-state index contributed by atoms with van der Waals surface area (Å²) in [6, 6.07) is 0. The Balaban J connectivity index is 4.07. The lowest BCUT2D eigenvalue weighted by molar-refractivity contribution is -0.181. The van der Waals surface area contributed by atoms with E-state index in [1.54, 1.807) is 0 Å². The summed E-state index contributed by atoms with van der Waals surface area (Å²) >= 11 is 0. The lowest BCUT2D eigenvalue weighted by atomic mass is 10.2. The Labute approximate surface area is 118 Å². The van der Waals surface area contributed by atoms with E-state index in [0.717, 1.165) is 0 Å². The summed E-state index contributed by atoms with van der Waals surface area (Å²) in [5.41, 5.74) is 4.66. The minimum atomic E-state index is -2.01. The molecule has 0 aromatic heterocycles. The molecule has 118 valence electrons. The van der Waals surface area contributed by atoms with Crippen molar-refractivity contribution in [3.63, 3.8) is 0 Å². The van der Waals surface area contributed by atoms with Gasteiger partial charge in [0.25, 0.3) is 0 Å². The van der Waals surface area contributed by atoms with E-state index in [1.807, 2.05) is 27.7 Å². The first-order valence-electron chi connectivity index (χ1n) is 6.48. The van der Waals surface area contributed by atoms with Gasteiger partial charge in [0, 0.05) is 13.1 Å². The molecule has 4 N–H and O–H groups in total. The van der Waals surface area contributed by atoms with Crippen molar-refractivity contribution in [2.24, 2.45) is 11.8 Å². The number of carbonyl (C=O) groups excluding carboxylic acids is 2. The summed E-state index contributed by atoms with van der Waals surface area (Å²) in [6.07, 6.45) is -4.02. The monoisotopic (exact) mass is 292 g/mol. The average molecular weight is 292 g/mol. The lowest BCUT2D eigenvalue weighted by Crippen LogP contribution is -2.45. The lowest BCUT2D eigenvalue weighted by Gasteiger charge is -2.16. The highest BCUT2D eigenvalue weighted by Crippen LogP contribution is 1.99. The van der Waals surface area contributed by atoms with Crippen LogP contribution in [0.4, 0.5) is 0 Å². The van der Waals surface area contributed by atoms with Gasteiger partial charge in [-0.05, 0) is 11.8 Å². The molecule has 0 aliphatic rings. The van der Waals surface area contributed by atoms with Gasteiger partial charge in [-0.3, -0.25) is 0 Å². The molecule has 0 aliphatic heterocycles. The second kappa shape index (κ2) is 9.65. The number of aliphatic hydroxyl groups is 2. The predicted octanol–water partition coefficient (Wildman–Crippen LogP) is -0.884. The molecule has 0 bridgehead atoms. The highest BCUT2D eigenvalue weighted by molar-refractivity contribution is 5.84. The van der Waals surface area contributed by atoms with Gasteiger partial charge in [0.1, 0.15) is 0 Å². The number of rotatable bonds is 9. The van der Waals surface area contributed by atoms with Crippen LogP contribution in [-0.4, -0.2) is 47.4 Å². The fourth-order valence-corrected chi connectivity index (χ4v) is 0.937. The van der Waals surface area contributed by atoms with Gasteiger partial charge in [-0.2, -0.15) is 11.0 Å². The van der Waals surface area contributed by atoms with E-state index in [2.05, 4.69) is 20.6 Å². The van der Waals surface area contributed by atoms with Crippen molar-refractivity contribution in [2.75, 3.05) is 13.1 Å². The average Bonchev–Trinajstić information content (AvgIpc) is 2.35. The fourth-order valence-electron chi connectivity index (χ4n) is 0.937. The van der Waals surface area contributed by atoms with Crippen molar-refractivity contribution in [1.29, 1.82) is 0 Å². The number of hydrogen-bond donors (Lipinski definition) is 4. The van der Waals surface area contributed by atoms with Crippen LogP contribution < -0.4 is 11.0 Å². The Morgan fingerprint density at radius 2 is 1.15 bits per heavy atom. The molecular weight excluding hydrogens is 268 g/mol. The molecule has 2 unspecified atom stereocenters. The van der Waals surface area contributed by atoms with Crippen LogP contribution in [-0.2, 0) is 19.3 Å². The van der Waals surface area contributed by atoms with Crippen LogP contribution in [0.25, 0.3) is 0 Å². The van der Waals surface area contributed by atoms with E-state index < -0.39 is 24.1 Å². The minimum absolute atomic E-state index is 0.232. The Morgan fingerprint density at radius 1 is 0.850 bits per heavy atom. The summed E-state index contributed by atoms with van der Waals surface area (Å²) in [6.45, 7) is 8.34. The molecule has 0 aromatic rings. The molecule has 0 fully saturated rings. The zero-order valence-corrected chi connectivity index (χ0v) is 12.3. The van der Waals surface area contributed by atoms with Crippen LogP contribution in [0.5, 0.6) is 0 Å². The zero-order valence-electron chi connectivity index (χ0n) is 12.3. The van der Waals surface area contributed by atoms with Gasteiger partial charge in [-0.1, -0.05) is 27.7 Å². The topological polar surface area (TPSA) is 117 Å². The highest BCUT2D eigenvalue weighted by Gasteiger charge is 2.33. The van der Waals surface area contributed by atoms with E-state index in [-0.39, 0.29) is 11.8 Å². The molecule has 0 radical (unpaired) electrons. The van der Waals surface area contributed by atoms with Crippen molar-refractivity contribution >= 4 is 11.9 Å². The molecule has 0 heterocycles. The first-order valence-corrected chi connectivity index (χ1v) is 6.48. The van der Waals surface area contributed by atoms with Crippen LogP contribution in [0.15, 0.2) is 0 Å². The molecule has 0 aromatic carbocycles. The molecule has 0 rings (SSSR count).